The van der Waals surface area contributed by atoms with E-state index in [1.165, 1.54) is 11.6 Å². The number of fused-ring (bicyclic) bond motifs is 2. The van der Waals surface area contributed by atoms with E-state index in [2.05, 4.69) is 62.2 Å². The van der Waals surface area contributed by atoms with Crippen LogP contribution in [0.25, 0.3) is 0 Å². The number of ether oxygens (including phenoxy) is 1. The highest BCUT2D eigenvalue weighted by Gasteiger charge is 2.47. The second-order valence-electron chi connectivity index (χ2n) is 21.7. The molecule has 1 fully saturated rings. The summed E-state index contributed by atoms with van der Waals surface area (Å²) in [6.45, 7) is 17.5. The van der Waals surface area contributed by atoms with Crippen LogP contribution in [0.1, 0.15) is 133 Å². The third kappa shape index (κ3) is 12.4. The Morgan fingerprint density at radius 3 is 2.13 bits per heavy atom. The van der Waals surface area contributed by atoms with Gasteiger partial charge in [-0.15, -0.1) is 0 Å². The molecule has 2 aliphatic heterocycles. The summed E-state index contributed by atoms with van der Waals surface area (Å²) in [5.41, 5.74) is 4.31. The molecular formula is C54H79FN8O6. The highest BCUT2D eigenvalue weighted by Crippen LogP contribution is 2.39. The number of likely N-dealkylation sites (N-methyl/N-ethyl adjacent to an activating group) is 2. The molecule has 0 saturated carbocycles. The monoisotopic (exact) mass is 955 g/mol. The molecule has 0 spiro atoms. The summed E-state index contributed by atoms with van der Waals surface area (Å²) in [7, 11) is 5.01. The average Bonchev–Trinajstić information content (AvgIpc) is 3.78. The lowest BCUT2D eigenvalue weighted by Gasteiger charge is -2.45. The number of halogens is 1. The molecule has 7 N–H and O–H groups in total. The Hall–Kier alpha value is -4.77. The molecule has 1 aliphatic carbocycles. The fourth-order valence-electron chi connectivity index (χ4n) is 10.2. The molecule has 4 amide bonds. The number of nitrogens with one attached hydrogen (secondary N) is 6. The summed E-state index contributed by atoms with van der Waals surface area (Å²) >= 11 is 0. The maximum absolute atomic E-state index is 15.2. The maximum Gasteiger partial charge on any atom is 0.246 e. The zero-order valence-electron chi connectivity index (χ0n) is 42.9. The number of aryl methyl sites for hydroxylation is 1. The van der Waals surface area contributed by atoms with Crippen molar-refractivity contribution in [1.82, 2.24) is 41.7 Å². The summed E-state index contributed by atoms with van der Waals surface area (Å²) in [6.07, 6.45) is 1.68. The minimum atomic E-state index is -1.03. The van der Waals surface area contributed by atoms with Crippen LogP contribution in [0, 0.1) is 16.6 Å². The van der Waals surface area contributed by atoms with Gasteiger partial charge in [0.05, 0.1) is 24.2 Å². The molecule has 0 radical (unpaired) electrons. The van der Waals surface area contributed by atoms with Gasteiger partial charge in [0.2, 0.25) is 23.6 Å². The Bertz CT molecular complexity index is 2280. The van der Waals surface area contributed by atoms with Crippen LogP contribution < -0.4 is 31.9 Å². The molecule has 3 aliphatic rings. The molecule has 3 aromatic carbocycles. The number of hydrogen-bond donors (Lipinski definition) is 7. The highest BCUT2D eigenvalue weighted by molar-refractivity contribution is 5.92. The second kappa shape index (κ2) is 22.5. The van der Waals surface area contributed by atoms with Crippen molar-refractivity contribution in [2.75, 3.05) is 27.7 Å². The third-order valence-corrected chi connectivity index (χ3v) is 14.7. The smallest absolute Gasteiger partial charge is 0.246 e. The number of nitrogens with zero attached hydrogens (tertiary/aromatic N) is 2. The van der Waals surface area contributed by atoms with E-state index in [1.807, 2.05) is 67.5 Å². The first kappa shape index (κ1) is 53.6. The van der Waals surface area contributed by atoms with Crippen LogP contribution in [0.3, 0.4) is 0 Å². The Kier molecular flexibility index (Phi) is 17.5. The lowest BCUT2D eigenvalue weighted by molar-refractivity contribution is -0.147. The summed E-state index contributed by atoms with van der Waals surface area (Å²) in [5, 5.41) is 30.2. The number of likely N-dealkylation sites (tertiary alicyclic amines) is 1. The number of rotatable bonds is 17. The Morgan fingerprint density at radius 1 is 0.812 bits per heavy atom. The van der Waals surface area contributed by atoms with Crippen molar-refractivity contribution in [2.24, 2.45) is 10.8 Å². The number of benzene rings is 3. The second-order valence-corrected chi connectivity index (χ2v) is 21.7. The van der Waals surface area contributed by atoms with E-state index in [0.29, 0.717) is 18.4 Å². The van der Waals surface area contributed by atoms with Crippen LogP contribution in [0.15, 0.2) is 66.7 Å². The zero-order chi connectivity index (χ0) is 50.5. The molecule has 0 bridgehead atoms. The van der Waals surface area contributed by atoms with E-state index in [1.54, 1.807) is 56.1 Å². The van der Waals surface area contributed by atoms with Gasteiger partial charge in [-0.05, 0) is 112 Å². The first-order valence-corrected chi connectivity index (χ1v) is 24.8. The number of hydrogen-bond acceptors (Lipinski definition) is 10. The average molecular weight is 955 g/mol. The summed E-state index contributed by atoms with van der Waals surface area (Å²) in [4.78, 5) is 61.8. The van der Waals surface area contributed by atoms with Crippen LogP contribution in [-0.2, 0) is 43.3 Å². The lowest BCUT2D eigenvalue weighted by atomic mass is 9.83. The quantitative estimate of drug-likeness (QED) is 0.0875. The Labute approximate surface area is 409 Å². The van der Waals surface area contributed by atoms with E-state index in [4.69, 9.17) is 4.74 Å². The van der Waals surface area contributed by atoms with Gasteiger partial charge in [-0.3, -0.25) is 29.8 Å². The Morgan fingerprint density at radius 2 is 1.48 bits per heavy atom. The minimum absolute atomic E-state index is 0.184. The maximum atomic E-state index is 15.2. The van der Waals surface area contributed by atoms with E-state index in [0.717, 1.165) is 41.5 Å². The topological polar surface area (TPSA) is 176 Å². The highest BCUT2D eigenvalue weighted by atomic mass is 19.1. The van der Waals surface area contributed by atoms with Crippen molar-refractivity contribution in [3.05, 3.63) is 106 Å². The van der Waals surface area contributed by atoms with Gasteiger partial charge in [-0.2, -0.15) is 0 Å². The van der Waals surface area contributed by atoms with Crippen molar-refractivity contribution in [3.63, 3.8) is 0 Å². The van der Waals surface area contributed by atoms with Crippen LogP contribution >= 0.6 is 0 Å². The predicted molar refractivity (Wildman–Crippen MR) is 267 cm³/mol. The van der Waals surface area contributed by atoms with E-state index in [-0.39, 0.29) is 60.5 Å². The largest absolute Gasteiger partial charge is 0.377 e. The van der Waals surface area contributed by atoms with Gasteiger partial charge >= 0.3 is 0 Å². The summed E-state index contributed by atoms with van der Waals surface area (Å²) in [6, 6.07) is 16.4. The first-order chi connectivity index (χ1) is 32.6. The first-order valence-electron chi connectivity index (χ1n) is 24.8. The number of methoxy groups -OCH3 is 1. The Balaban J connectivity index is 1.36. The minimum Gasteiger partial charge on any atom is -0.377 e. The van der Waals surface area contributed by atoms with Crippen LogP contribution in [0.5, 0.6) is 0 Å². The van der Waals surface area contributed by atoms with Gasteiger partial charge in [0.15, 0.2) is 0 Å². The van der Waals surface area contributed by atoms with E-state index < -0.39 is 59.5 Å². The molecule has 6 rings (SSSR count). The number of amides is 4. The summed E-state index contributed by atoms with van der Waals surface area (Å²) < 4.78 is 21.2. The molecule has 2 heterocycles. The number of carbonyl (C=O) groups excluding carboxylic acids is 4. The predicted octanol–water partition coefficient (Wildman–Crippen LogP) is 5.35. The van der Waals surface area contributed by atoms with Gasteiger partial charge in [-0.1, -0.05) is 102 Å². The standard InChI is InChI=1S/C54H79FN8O6/c1-31(39-20-15-16-22-41(39)55)58-50(69-12)44-27-36-25-24-35(26-37(36)29-63(44)52(68)46(54(7,8)9)61-48(65)33(3)57-11)38-28-43(49(66)59-42-23-17-19-34-18-13-14-21-40(34)42)62(30-38)51(67)45(53(4,5)6)60-47(64)32(2)56-10/h13-16,18,20-22,24-26,31-33,38,42-47,50,56-58,60,64H,17,19,23,27-30H2,1-12H3,(H,59,66)(H,61,65)/t31-,32+,33+,38?,42-,43?,44+,45?,46?,47?,50?/m1/s1. The molecule has 1 saturated heterocycles. The van der Waals surface area contributed by atoms with Crippen molar-refractivity contribution in [3.8, 4) is 0 Å². The molecule has 3 aromatic rings. The SMILES string of the molecule is CN[C@@H](C)C(=O)NC(C(=O)N1Cc2cc(C3CC(C(=O)N[C@@H]4CCCc5ccccc54)N(C(=O)C(NC(O)[C@H](C)NC)C(C)(C)C)C3)ccc2C[C@H]1C(N[C@H](C)c1ccccc1F)OC)C(C)(C)C. The van der Waals surface area contributed by atoms with Crippen molar-refractivity contribution < 1.29 is 33.4 Å². The van der Waals surface area contributed by atoms with Gasteiger partial charge in [0.1, 0.15) is 30.4 Å². The number of aliphatic hydroxyl groups excluding tert-OH is 1. The molecule has 0 aromatic heterocycles. The fraction of sp³-hybridized carbons (Fsp3) is 0.593. The molecule has 15 heteroatoms. The normalized spacial score (nSPS) is 22.6. The molecule has 69 heavy (non-hydrogen) atoms. The van der Waals surface area contributed by atoms with Gasteiger partial charge in [0, 0.05) is 43.8 Å². The van der Waals surface area contributed by atoms with Crippen LogP contribution in [0.4, 0.5) is 4.39 Å². The third-order valence-electron chi connectivity index (χ3n) is 14.7. The van der Waals surface area contributed by atoms with Crippen molar-refractivity contribution in [1.29, 1.82) is 0 Å². The van der Waals surface area contributed by atoms with Gasteiger partial charge in [0.25, 0.3) is 0 Å². The summed E-state index contributed by atoms with van der Waals surface area (Å²) in [5.74, 6) is -1.66. The molecular weight excluding hydrogens is 876 g/mol. The van der Waals surface area contributed by atoms with Crippen molar-refractivity contribution in [2.45, 2.75) is 168 Å². The van der Waals surface area contributed by atoms with Gasteiger partial charge in [-0.25, -0.2) is 4.39 Å². The molecule has 14 nitrogen and oxygen atoms in total. The van der Waals surface area contributed by atoms with Crippen LogP contribution in [0.2, 0.25) is 0 Å². The molecule has 6 unspecified atom stereocenters. The zero-order valence-corrected chi connectivity index (χ0v) is 42.9. The van der Waals surface area contributed by atoms with E-state index >= 15 is 14.0 Å². The van der Waals surface area contributed by atoms with Crippen molar-refractivity contribution >= 4 is 23.6 Å². The van der Waals surface area contributed by atoms with E-state index in [9.17, 15) is 14.7 Å². The molecule has 11 atom stereocenters. The molecule has 378 valence electrons. The lowest BCUT2D eigenvalue weighted by Crippen LogP contribution is -2.63. The fourth-order valence-corrected chi connectivity index (χ4v) is 10.2. The van der Waals surface area contributed by atoms with Gasteiger partial charge < -0.3 is 40.9 Å². The number of carbonyl (C=O) groups is 4. The number of aliphatic hydroxyl groups is 1. The van der Waals surface area contributed by atoms with Crippen LogP contribution in [-0.4, -0.2) is 115 Å².